The van der Waals surface area contributed by atoms with Crippen LogP contribution in [0.4, 0.5) is 0 Å². The molecule has 0 spiro atoms. The summed E-state index contributed by atoms with van der Waals surface area (Å²) >= 11 is 0. The summed E-state index contributed by atoms with van der Waals surface area (Å²) in [5, 5.41) is 0. The molecule has 1 aliphatic heterocycles. The lowest BCUT2D eigenvalue weighted by Gasteiger charge is -2.40. The molecular formula is C14H23N3O2S. The van der Waals surface area contributed by atoms with Crippen molar-refractivity contribution in [2.45, 2.75) is 31.2 Å². The molecule has 1 fully saturated rings. The summed E-state index contributed by atoms with van der Waals surface area (Å²) in [7, 11) is -1.76. The molecule has 112 valence electrons. The summed E-state index contributed by atoms with van der Waals surface area (Å²) in [5.41, 5.74) is 0. The predicted octanol–water partition coefficient (Wildman–Crippen LogP) is 1.43. The predicted molar refractivity (Wildman–Crippen MR) is 78.9 cm³/mol. The molecule has 2 heterocycles. The largest absolute Gasteiger partial charge is 0.303 e. The van der Waals surface area contributed by atoms with Crippen molar-refractivity contribution < 1.29 is 8.42 Å². The van der Waals surface area contributed by atoms with Gasteiger partial charge < -0.3 is 4.90 Å². The van der Waals surface area contributed by atoms with E-state index in [0.717, 1.165) is 26.1 Å². The minimum Gasteiger partial charge on any atom is -0.303 e. The monoisotopic (exact) mass is 297 g/mol. The second kappa shape index (κ2) is 6.20. The Morgan fingerprint density at radius 1 is 1.50 bits per heavy atom. The molecule has 2 atom stereocenters. The molecule has 5 nitrogen and oxygen atoms in total. The number of hydrogen-bond donors (Lipinski definition) is 0. The molecule has 0 aromatic carbocycles. The van der Waals surface area contributed by atoms with Crippen molar-refractivity contribution in [1.29, 1.82) is 0 Å². The Morgan fingerprint density at radius 3 is 2.80 bits per heavy atom. The van der Waals surface area contributed by atoms with E-state index in [0.29, 0.717) is 5.92 Å². The molecule has 2 rings (SSSR count). The van der Waals surface area contributed by atoms with Crippen LogP contribution in [0.1, 0.15) is 20.3 Å². The Morgan fingerprint density at radius 2 is 2.25 bits per heavy atom. The van der Waals surface area contributed by atoms with Crippen LogP contribution in [0.2, 0.25) is 0 Å². The van der Waals surface area contributed by atoms with E-state index in [9.17, 15) is 8.42 Å². The Bertz CT molecular complexity index is 533. The molecule has 0 aliphatic carbocycles. The first-order valence-corrected chi connectivity index (χ1v) is 8.51. The third-order valence-corrected chi connectivity index (χ3v) is 6.04. The summed E-state index contributed by atoms with van der Waals surface area (Å²) < 4.78 is 26.7. The molecule has 0 N–H and O–H groups in total. The fourth-order valence-corrected chi connectivity index (χ4v) is 4.34. The molecule has 20 heavy (non-hydrogen) atoms. The first kappa shape index (κ1) is 15.4. The lowest BCUT2D eigenvalue weighted by atomic mass is 9.94. The Hall–Kier alpha value is -0.980. The number of sulfonamides is 1. The standard InChI is InChI=1S/C14H23N3O2S/c1-4-17-9-7-14(12(2)11-17)16(3)20(18,19)13-6-5-8-15-10-13/h5-6,8,10,12,14H,4,7,9,11H2,1-3H3/t12-,14+/m1/s1. The number of likely N-dealkylation sites (tertiary alicyclic amines) is 1. The van der Waals surface area contributed by atoms with Crippen molar-refractivity contribution >= 4 is 10.0 Å². The highest BCUT2D eigenvalue weighted by atomic mass is 32.2. The average molecular weight is 297 g/mol. The van der Waals surface area contributed by atoms with Gasteiger partial charge in [-0.3, -0.25) is 4.98 Å². The van der Waals surface area contributed by atoms with Gasteiger partial charge in [-0.1, -0.05) is 13.8 Å². The first-order valence-electron chi connectivity index (χ1n) is 7.07. The van der Waals surface area contributed by atoms with Gasteiger partial charge in [0.25, 0.3) is 0 Å². The Labute approximate surface area is 121 Å². The number of hydrogen-bond acceptors (Lipinski definition) is 4. The van der Waals surface area contributed by atoms with Gasteiger partial charge in [0.1, 0.15) is 4.90 Å². The first-order chi connectivity index (χ1) is 9.46. The lowest BCUT2D eigenvalue weighted by molar-refractivity contribution is 0.123. The molecule has 1 aromatic heterocycles. The van der Waals surface area contributed by atoms with Crippen molar-refractivity contribution in [3.63, 3.8) is 0 Å². The molecule has 1 aliphatic rings. The maximum atomic E-state index is 12.6. The third kappa shape index (κ3) is 3.02. The van der Waals surface area contributed by atoms with E-state index < -0.39 is 10.0 Å². The summed E-state index contributed by atoms with van der Waals surface area (Å²) in [5.74, 6) is 0.333. The highest BCUT2D eigenvalue weighted by Gasteiger charge is 2.34. The maximum absolute atomic E-state index is 12.6. The van der Waals surface area contributed by atoms with Crippen LogP contribution in [0.25, 0.3) is 0 Å². The fourth-order valence-electron chi connectivity index (χ4n) is 2.89. The molecule has 0 unspecified atom stereocenters. The van der Waals surface area contributed by atoms with E-state index in [1.807, 2.05) is 0 Å². The number of rotatable bonds is 4. The van der Waals surface area contributed by atoms with Crippen LogP contribution in [-0.2, 0) is 10.0 Å². The topological polar surface area (TPSA) is 53.5 Å². The van der Waals surface area contributed by atoms with Crippen molar-refractivity contribution in [2.24, 2.45) is 5.92 Å². The zero-order valence-electron chi connectivity index (χ0n) is 12.4. The van der Waals surface area contributed by atoms with Crippen LogP contribution in [0.15, 0.2) is 29.4 Å². The number of pyridine rings is 1. The van der Waals surface area contributed by atoms with Gasteiger partial charge in [-0.25, -0.2) is 8.42 Å². The molecule has 1 saturated heterocycles. The minimum absolute atomic E-state index is 0.0583. The van der Waals surface area contributed by atoms with Gasteiger partial charge in [-0.15, -0.1) is 0 Å². The second-order valence-corrected chi connectivity index (χ2v) is 7.43. The van der Waals surface area contributed by atoms with Gasteiger partial charge >= 0.3 is 0 Å². The second-order valence-electron chi connectivity index (χ2n) is 5.44. The van der Waals surface area contributed by atoms with Gasteiger partial charge in [0.15, 0.2) is 0 Å². The van der Waals surface area contributed by atoms with E-state index in [2.05, 4.69) is 23.7 Å². The van der Waals surface area contributed by atoms with E-state index in [4.69, 9.17) is 0 Å². The molecule has 6 heteroatoms. The van der Waals surface area contributed by atoms with Crippen LogP contribution in [-0.4, -0.2) is 55.3 Å². The van der Waals surface area contributed by atoms with Crippen molar-refractivity contribution in [3.05, 3.63) is 24.5 Å². The van der Waals surface area contributed by atoms with Crippen LogP contribution in [0.3, 0.4) is 0 Å². The SMILES string of the molecule is CCN1CC[C@H](N(C)S(=O)(=O)c2cccnc2)[C@H](C)C1. The maximum Gasteiger partial charge on any atom is 0.244 e. The van der Waals surface area contributed by atoms with Crippen LogP contribution >= 0.6 is 0 Å². The van der Waals surface area contributed by atoms with Gasteiger partial charge in [-0.2, -0.15) is 4.31 Å². The van der Waals surface area contributed by atoms with Gasteiger partial charge in [0.2, 0.25) is 10.0 Å². The molecular weight excluding hydrogens is 274 g/mol. The molecule has 0 radical (unpaired) electrons. The van der Waals surface area contributed by atoms with Gasteiger partial charge in [-0.05, 0) is 37.6 Å². The van der Waals surface area contributed by atoms with E-state index in [1.54, 1.807) is 25.4 Å². The smallest absolute Gasteiger partial charge is 0.244 e. The third-order valence-electron chi connectivity index (χ3n) is 4.17. The van der Waals surface area contributed by atoms with E-state index in [-0.39, 0.29) is 10.9 Å². The summed E-state index contributed by atoms with van der Waals surface area (Å²) in [6.45, 7) is 7.20. The molecule has 0 amide bonds. The Kier molecular flexibility index (Phi) is 4.78. The van der Waals surface area contributed by atoms with Crippen molar-refractivity contribution in [2.75, 3.05) is 26.7 Å². The minimum atomic E-state index is -3.44. The van der Waals surface area contributed by atoms with Crippen LogP contribution < -0.4 is 0 Å². The Balaban J connectivity index is 2.17. The number of aromatic nitrogens is 1. The van der Waals surface area contributed by atoms with E-state index in [1.165, 1.54) is 10.5 Å². The highest BCUT2D eigenvalue weighted by Crippen LogP contribution is 2.25. The summed E-state index contributed by atoms with van der Waals surface area (Å²) in [6, 6.07) is 3.32. The number of piperidine rings is 1. The van der Waals surface area contributed by atoms with Gasteiger partial charge in [0, 0.05) is 32.0 Å². The molecule has 0 saturated carbocycles. The number of nitrogens with zero attached hydrogens (tertiary/aromatic N) is 3. The van der Waals surface area contributed by atoms with Crippen molar-refractivity contribution in [1.82, 2.24) is 14.2 Å². The normalized spacial score (nSPS) is 25.0. The quantitative estimate of drug-likeness (QED) is 0.844. The van der Waals surface area contributed by atoms with Gasteiger partial charge in [0.05, 0.1) is 0 Å². The van der Waals surface area contributed by atoms with Crippen LogP contribution in [0, 0.1) is 5.92 Å². The lowest BCUT2D eigenvalue weighted by Crippen LogP contribution is -2.50. The summed E-state index contributed by atoms with van der Waals surface area (Å²) in [6.07, 6.45) is 3.88. The summed E-state index contributed by atoms with van der Waals surface area (Å²) in [4.78, 5) is 6.55. The fraction of sp³-hybridized carbons (Fsp3) is 0.643. The molecule has 0 bridgehead atoms. The van der Waals surface area contributed by atoms with Crippen LogP contribution in [0.5, 0.6) is 0 Å². The molecule has 1 aromatic rings. The zero-order valence-corrected chi connectivity index (χ0v) is 13.2. The highest BCUT2D eigenvalue weighted by molar-refractivity contribution is 7.89. The zero-order chi connectivity index (χ0) is 14.8. The average Bonchev–Trinajstić information content (AvgIpc) is 2.47. The van der Waals surface area contributed by atoms with Crippen molar-refractivity contribution in [3.8, 4) is 0 Å². The van der Waals surface area contributed by atoms with E-state index >= 15 is 0 Å².